The summed E-state index contributed by atoms with van der Waals surface area (Å²) < 4.78 is 9.18. The lowest BCUT2D eigenvalue weighted by atomic mass is 10.3. The van der Waals surface area contributed by atoms with Crippen molar-refractivity contribution in [2.45, 2.75) is 13.8 Å². The molecular weight excluding hydrogens is 151 g/mol. The van der Waals surface area contributed by atoms with Crippen molar-refractivity contribution >= 4 is 15.4 Å². The van der Waals surface area contributed by atoms with E-state index in [1.807, 2.05) is 9.47 Å². The van der Waals surface area contributed by atoms with Crippen LogP contribution in [0.4, 0.5) is 0 Å². The minimum atomic E-state index is -0.385. The van der Waals surface area contributed by atoms with Gasteiger partial charge in [-0.05, 0) is 13.8 Å². The normalized spacial score (nSPS) is 12.0. The van der Waals surface area contributed by atoms with Gasteiger partial charge in [0.05, 0.1) is 22.1 Å². The van der Waals surface area contributed by atoms with Crippen LogP contribution < -0.4 is 0 Å². The lowest BCUT2D eigenvalue weighted by molar-refractivity contribution is -0.129. The summed E-state index contributed by atoms with van der Waals surface area (Å²) in [5, 5.41) is 0. The molecule has 0 heterocycles. The maximum absolute atomic E-state index is 10.7. The van der Waals surface area contributed by atoms with E-state index in [9.17, 15) is 4.79 Å². The second kappa shape index (κ2) is 4.29. The number of carbonyl (C=O) groups excluding carboxylic acids is 1. The first-order valence-corrected chi connectivity index (χ1v) is 3.23. The molecule has 4 heteroatoms. The molecule has 0 aliphatic rings. The van der Waals surface area contributed by atoms with E-state index in [-0.39, 0.29) is 5.97 Å². The highest BCUT2D eigenvalue weighted by molar-refractivity contribution is 7.10. The molecule has 0 aliphatic heterocycles. The Hall–Kier alpha value is -0.560. The number of allylic oxidation sites excluding steroid dienone is 1. The molecule has 0 N–H and O–H groups in total. The Kier molecular flexibility index (Phi) is 4.05. The average Bonchev–Trinajstić information content (AvgIpc) is 2.00. The van der Waals surface area contributed by atoms with Gasteiger partial charge in [-0.2, -0.15) is 0 Å². The molecule has 0 aromatic rings. The highest BCUT2D eigenvalue weighted by Crippen LogP contribution is 2.06. The molecule has 0 saturated carbocycles. The van der Waals surface area contributed by atoms with Gasteiger partial charge >= 0.3 is 5.97 Å². The van der Waals surface area contributed by atoms with Crippen LogP contribution in [0.1, 0.15) is 13.8 Å². The zero-order chi connectivity index (χ0) is 8.15. The van der Waals surface area contributed by atoms with Crippen LogP contribution >= 0.6 is 9.47 Å². The number of rotatable bonds is 2. The predicted octanol–water partition coefficient (Wildman–Crippen LogP) is 1.26. The van der Waals surface area contributed by atoms with E-state index < -0.39 is 0 Å². The van der Waals surface area contributed by atoms with Crippen LogP contribution in [0.25, 0.3) is 0 Å². The summed E-state index contributed by atoms with van der Waals surface area (Å²) in [4.78, 5) is 10.7. The monoisotopic (exact) mass is 162 g/mol. The van der Waals surface area contributed by atoms with E-state index >= 15 is 0 Å². The molecular formula is C6H11O3P. The molecule has 0 rings (SSSR count). The molecule has 0 spiro atoms. The lowest BCUT2D eigenvalue weighted by Gasteiger charge is -2.02. The van der Waals surface area contributed by atoms with Gasteiger partial charge in [-0.3, -0.25) is 0 Å². The number of ether oxygens (including phenoxy) is 1. The maximum Gasteiger partial charge on any atom is 0.339 e. The highest BCUT2D eigenvalue weighted by Gasteiger charge is 2.06. The van der Waals surface area contributed by atoms with Gasteiger partial charge in [-0.1, -0.05) is 0 Å². The fourth-order valence-electron chi connectivity index (χ4n) is 0.385. The van der Waals surface area contributed by atoms with E-state index in [0.29, 0.717) is 11.3 Å². The first-order valence-electron chi connectivity index (χ1n) is 2.76. The minimum absolute atomic E-state index is 0.385. The van der Waals surface area contributed by atoms with E-state index in [1.165, 1.54) is 7.11 Å². The van der Waals surface area contributed by atoms with Crippen molar-refractivity contribution in [3.05, 3.63) is 11.3 Å². The Morgan fingerprint density at radius 2 is 1.90 bits per heavy atom. The van der Waals surface area contributed by atoms with E-state index in [2.05, 4.69) is 4.52 Å². The Bertz CT molecular complexity index is 162. The van der Waals surface area contributed by atoms with Gasteiger partial charge < -0.3 is 9.26 Å². The third-order valence-corrected chi connectivity index (χ3v) is 1.46. The molecule has 0 bridgehead atoms. The van der Waals surface area contributed by atoms with Crippen LogP contribution in [0.2, 0.25) is 0 Å². The summed E-state index contributed by atoms with van der Waals surface area (Å²) in [5.74, 6) is 0.191. The summed E-state index contributed by atoms with van der Waals surface area (Å²) in [7, 11) is 3.40. The van der Waals surface area contributed by atoms with E-state index in [0.717, 1.165) is 0 Å². The summed E-state index contributed by atoms with van der Waals surface area (Å²) in [5.41, 5.74) is 0.484. The smallest absolute Gasteiger partial charge is 0.339 e. The molecule has 0 amide bonds. The van der Waals surface area contributed by atoms with Gasteiger partial charge in [0.15, 0.2) is 0 Å². The minimum Gasteiger partial charge on any atom is -0.501 e. The molecule has 0 radical (unpaired) electrons. The zero-order valence-electron chi connectivity index (χ0n) is 6.30. The molecule has 1 atom stereocenters. The van der Waals surface area contributed by atoms with Crippen LogP contribution in [-0.2, 0) is 14.1 Å². The van der Waals surface area contributed by atoms with Gasteiger partial charge in [-0.25, -0.2) is 4.79 Å². The SMILES string of the molecule is COC(C)=C(C)C(=O)OP. The van der Waals surface area contributed by atoms with Crippen LogP contribution in [0.3, 0.4) is 0 Å². The highest BCUT2D eigenvalue weighted by atomic mass is 31.0. The Labute approximate surface area is 62.7 Å². The topological polar surface area (TPSA) is 35.5 Å². The summed E-state index contributed by atoms with van der Waals surface area (Å²) in [6.07, 6.45) is 0. The molecule has 0 fully saturated rings. The van der Waals surface area contributed by atoms with E-state index in [4.69, 9.17) is 4.74 Å². The number of hydrogen-bond acceptors (Lipinski definition) is 3. The fraction of sp³-hybridized carbons (Fsp3) is 0.500. The van der Waals surface area contributed by atoms with Gasteiger partial charge in [0, 0.05) is 0 Å². The third kappa shape index (κ3) is 2.36. The third-order valence-electron chi connectivity index (χ3n) is 1.25. The lowest BCUT2D eigenvalue weighted by Crippen LogP contribution is -2.01. The summed E-state index contributed by atoms with van der Waals surface area (Å²) in [6, 6.07) is 0. The maximum atomic E-state index is 10.7. The van der Waals surface area contributed by atoms with Crippen LogP contribution in [0, 0.1) is 0 Å². The molecule has 1 unspecified atom stereocenters. The van der Waals surface area contributed by atoms with Gasteiger partial charge in [0.1, 0.15) is 5.76 Å². The van der Waals surface area contributed by atoms with Crippen molar-refractivity contribution in [1.29, 1.82) is 0 Å². The Balaban J connectivity index is 4.30. The summed E-state index contributed by atoms with van der Waals surface area (Å²) in [6.45, 7) is 3.35. The fourth-order valence-corrected chi connectivity index (χ4v) is 0.562. The number of methoxy groups -OCH3 is 1. The average molecular weight is 162 g/mol. The number of carbonyl (C=O) groups is 1. The molecule has 10 heavy (non-hydrogen) atoms. The second-order valence-corrected chi connectivity index (χ2v) is 2.03. The first-order chi connectivity index (χ1) is 4.63. The quantitative estimate of drug-likeness (QED) is 0.348. The van der Waals surface area contributed by atoms with Gasteiger partial charge in [-0.15, -0.1) is 0 Å². The Morgan fingerprint density at radius 1 is 1.40 bits per heavy atom. The Morgan fingerprint density at radius 3 is 2.20 bits per heavy atom. The van der Waals surface area contributed by atoms with Crippen LogP contribution in [0.5, 0.6) is 0 Å². The molecule has 0 aromatic carbocycles. The van der Waals surface area contributed by atoms with Gasteiger partial charge in [0.25, 0.3) is 0 Å². The largest absolute Gasteiger partial charge is 0.501 e. The molecule has 0 aliphatic carbocycles. The van der Waals surface area contributed by atoms with Crippen molar-refractivity contribution in [3.63, 3.8) is 0 Å². The van der Waals surface area contributed by atoms with Gasteiger partial charge in [0.2, 0.25) is 0 Å². The molecule has 3 nitrogen and oxygen atoms in total. The summed E-state index contributed by atoms with van der Waals surface area (Å²) >= 11 is 0. The first kappa shape index (κ1) is 9.44. The van der Waals surface area contributed by atoms with Crippen LogP contribution in [-0.4, -0.2) is 13.1 Å². The predicted molar refractivity (Wildman–Crippen MR) is 41.2 cm³/mol. The molecule has 0 aromatic heterocycles. The van der Waals surface area contributed by atoms with Crippen molar-refractivity contribution in [3.8, 4) is 0 Å². The van der Waals surface area contributed by atoms with Crippen molar-refractivity contribution < 1.29 is 14.1 Å². The van der Waals surface area contributed by atoms with E-state index in [1.54, 1.807) is 13.8 Å². The van der Waals surface area contributed by atoms with Crippen LogP contribution in [0.15, 0.2) is 11.3 Å². The molecule has 0 saturated heterocycles. The van der Waals surface area contributed by atoms with Crippen molar-refractivity contribution in [1.82, 2.24) is 0 Å². The number of hydrogen-bond donors (Lipinski definition) is 0. The molecule has 58 valence electrons. The van der Waals surface area contributed by atoms with Crippen molar-refractivity contribution in [2.75, 3.05) is 7.11 Å². The zero-order valence-corrected chi connectivity index (χ0v) is 7.46. The van der Waals surface area contributed by atoms with Crippen molar-refractivity contribution in [2.24, 2.45) is 0 Å². The second-order valence-electron chi connectivity index (χ2n) is 1.79. The standard InChI is InChI=1S/C6H11O3P/c1-4(5(2)8-3)6(7)9-10/h10H2,1-3H3.